The highest BCUT2D eigenvalue weighted by Gasteiger charge is 1.86. The molecule has 0 aromatic rings. The fourth-order valence-electron chi connectivity index (χ4n) is 1.45. The summed E-state index contributed by atoms with van der Waals surface area (Å²) >= 11 is 0. The average molecular weight is 194 g/mol. The molecule has 82 valence electrons. The SMILES string of the molecule is CC=CCCCCCCC=CCCC. The molecule has 0 nitrogen and oxygen atoms in total. The van der Waals surface area contributed by atoms with Crippen molar-refractivity contribution < 1.29 is 0 Å². The van der Waals surface area contributed by atoms with Crippen molar-refractivity contribution >= 4 is 0 Å². The van der Waals surface area contributed by atoms with Crippen LogP contribution in [-0.2, 0) is 0 Å². The summed E-state index contributed by atoms with van der Waals surface area (Å²) in [6.45, 7) is 4.32. The van der Waals surface area contributed by atoms with Crippen molar-refractivity contribution in [3.05, 3.63) is 24.3 Å². The van der Waals surface area contributed by atoms with Gasteiger partial charge < -0.3 is 0 Å². The number of rotatable bonds is 9. The first-order valence-corrected chi connectivity index (χ1v) is 6.18. The van der Waals surface area contributed by atoms with Crippen LogP contribution in [0.25, 0.3) is 0 Å². The van der Waals surface area contributed by atoms with Crippen LogP contribution >= 0.6 is 0 Å². The first-order chi connectivity index (χ1) is 6.91. The highest BCUT2D eigenvalue weighted by molar-refractivity contribution is 4.81. The lowest BCUT2D eigenvalue weighted by molar-refractivity contribution is 0.651. The first-order valence-electron chi connectivity index (χ1n) is 6.18. The molecule has 0 amide bonds. The Hall–Kier alpha value is -0.520. The normalized spacial score (nSPS) is 11.9. The largest absolute Gasteiger partial charge is 0.0917 e. The zero-order chi connectivity index (χ0) is 10.5. The van der Waals surface area contributed by atoms with E-state index in [0.29, 0.717) is 0 Å². The Morgan fingerprint density at radius 3 is 1.86 bits per heavy atom. The fraction of sp³-hybridized carbons (Fsp3) is 0.714. The molecular formula is C14H26. The second-order valence-corrected chi connectivity index (χ2v) is 3.82. The molecule has 0 saturated heterocycles. The Balaban J connectivity index is 2.98. The standard InChI is InChI=1S/C14H26/c1-3-5-7-9-11-13-14-12-10-8-6-4-2/h3,5,8,10H,4,6-7,9,11-14H2,1-2H3. The Morgan fingerprint density at radius 2 is 1.29 bits per heavy atom. The minimum absolute atomic E-state index is 1.25. The van der Waals surface area contributed by atoms with E-state index < -0.39 is 0 Å². The maximum absolute atomic E-state index is 2.34. The zero-order valence-electron chi connectivity index (χ0n) is 9.97. The summed E-state index contributed by atoms with van der Waals surface area (Å²) in [5.74, 6) is 0. The summed E-state index contributed by atoms with van der Waals surface area (Å²) in [6, 6.07) is 0. The molecule has 0 aliphatic rings. The molecule has 0 atom stereocenters. The summed E-state index contributed by atoms with van der Waals surface area (Å²) in [4.78, 5) is 0. The van der Waals surface area contributed by atoms with Crippen LogP contribution in [0.1, 0.15) is 65.2 Å². The van der Waals surface area contributed by atoms with Crippen LogP contribution in [0.2, 0.25) is 0 Å². The summed E-state index contributed by atoms with van der Waals surface area (Å²) in [6.07, 6.45) is 19.7. The molecule has 0 heteroatoms. The van der Waals surface area contributed by atoms with Crippen LogP contribution in [-0.4, -0.2) is 0 Å². The molecule has 0 aliphatic carbocycles. The lowest BCUT2D eigenvalue weighted by Gasteiger charge is -1.96. The van der Waals surface area contributed by atoms with Gasteiger partial charge in [-0.3, -0.25) is 0 Å². The average Bonchev–Trinajstić information content (AvgIpc) is 2.21. The fourth-order valence-corrected chi connectivity index (χ4v) is 1.45. The van der Waals surface area contributed by atoms with Crippen LogP contribution in [0.4, 0.5) is 0 Å². The molecule has 0 N–H and O–H groups in total. The minimum atomic E-state index is 1.25. The van der Waals surface area contributed by atoms with Crippen molar-refractivity contribution in [3.8, 4) is 0 Å². The van der Waals surface area contributed by atoms with Gasteiger partial charge in [0.25, 0.3) is 0 Å². The van der Waals surface area contributed by atoms with Gasteiger partial charge in [-0.1, -0.05) is 50.5 Å². The Labute approximate surface area is 90.1 Å². The van der Waals surface area contributed by atoms with Gasteiger partial charge in [-0.25, -0.2) is 0 Å². The van der Waals surface area contributed by atoms with Crippen LogP contribution in [0.5, 0.6) is 0 Å². The van der Waals surface area contributed by atoms with Gasteiger partial charge in [0, 0.05) is 0 Å². The maximum atomic E-state index is 2.34. The summed E-state index contributed by atoms with van der Waals surface area (Å²) in [5.41, 5.74) is 0. The summed E-state index contributed by atoms with van der Waals surface area (Å²) in [5, 5.41) is 0. The van der Waals surface area contributed by atoms with E-state index in [9.17, 15) is 0 Å². The minimum Gasteiger partial charge on any atom is -0.0917 e. The van der Waals surface area contributed by atoms with Gasteiger partial charge in [-0.05, 0) is 39.0 Å². The maximum Gasteiger partial charge on any atom is -0.0351 e. The molecular weight excluding hydrogens is 168 g/mol. The predicted octanol–water partition coefficient (Wildman–Crippen LogP) is 5.26. The van der Waals surface area contributed by atoms with Crippen LogP contribution in [0.15, 0.2) is 24.3 Å². The number of allylic oxidation sites excluding steroid dienone is 4. The second-order valence-electron chi connectivity index (χ2n) is 3.82. The third kappa shape index (κ3) is 11.5. The third-order valence-electron chi connectivity index (χ3n) is 2.35. The van der Waals surface area contributed by atoms with Crippen molar-refractivity contribution in [1.29, 1.82) is 0 Å². The lowest BCUT2D eigenvalue weighted by atomic mass is 10.1. The van der Waals surface area contributed by atoms with Crippen molar-refractivity contribution in [2.45, 2.75) is 65.2 Å². The van der Waals surface area contributed by atoms with Gasteiger partial charge >= 0.3 is 0 Å². The summed E-state index contributed by atoms with van der Waals surface area (Å²) < 4.78 is 0. The number of hydrogen-bond donors (Lipinski definition) is 0. The van der Waals surface area contributed by atoms with E-state index in [2.05, 4.69) is 38.2 Å². The molecule has 0 aromatic carbocycles. The monoisotopic (exact) mass is 194 g/mol. The Morgan fingerprint density at radius 1 is 0.714 bits per heavy atom. The van der Waals surface area contributed by atoms with E-state index in [1.165, 1.54) is 51.4 Å². The van der Waals surface area contributed by atoms with Gasteiger partial charge in [0.15, 0.2) is 0 Å². The van der Waals surface area contributed by atoms with Gasteiger partial charge in [-0.15, -0.1) is 0 Å². The van der Waals surface area contributed by atoms with E-state index in [4.69, 9.17) is 0 Å². The van der Waals surface area contributed by atoms with Gasteiger partial charge in [0.2, 0.25) is 0 Å². The molecule has 0 spiro atoms. The number of hydrogen-bond acceptors (Lipinski definition) is 0. The smallest absolute Gasteiger partial charge is 0.0351 e. The van der Waals surface area contributed by atoms with Gasteiger partial charge in [0.1, 0.15) is 0 Å². The molecule has 0 bridgehead atoms. The molecule has 0 fully saturated rings. The Bertz CT molecular complexity index is 142. The highest BCUT2D eigenvalue weighted by Crippen LogP contribution is 2.06. The van der Waals surface area contributed by atoms with Gasteiger partial charge in [0.05, 0.1) is 0 Å². The molecule has 0 unspecified atom stereocenters. The predicted molar refractivity (Wildman–Crippen MR) is 66.6 cm³/mol. The van der Waals surface area contributed by atoms with E-state index in [-0.39, 0.29) is 0 Å². The molecule has 0 aromatic heterocycles. The number of unbranched alkanes of at least 4 members (excludes halogenated alkanes) is 6. The van der Waals surface area contributed by atoms with E-state index in [0.717, 1.165) is 0 Å². The van der Waals surface area contributed by atoms with Crippen LogP contribution in [0, 0.1) is 0 Å². The van der Waals surface area contributed by atoms with Gasteiger partial charge in [-0.2, -0.15) is 0 Å². The topological polar surface area (TPSA) is 0 Å². The second kappa shape index (κ2) is 12.5. The van der Waals surface area contributed by atoms with E-state index in [1.807, 2.05) is 0 Å². The molecule has 0 radical (unpaired) electrons. The molecule has 0 aliphatic heterocycles. The lowest BCUT2D eigenvalue weighted by Crippen LogP contribution is -1.76. The quantitative estimate of drug-likeness (QED) is 0.347. The molecule has 0 saturated carbocycles. The molecule has 14 heavy (non-hydrogen) atoms. The van der Waals surface area contributed by atoms with Crippen molar-refractivity contribution in [2.75, 3.05) is 0 Å². The first kappa shape index (κ1) is 13.5. The zero-order valence-corrected chi connectivity index (χ0v) is 9.97. The van der Waals surface area contributed by atoms with Crippen molar-refractivity contribution in [3.63, 3.8) is 0 Å². The molecule has 0 heterocycles. The molecule has 0 rings (SSSR count). The van der Waals surface area contributed by atoms with Crippen LogP contribution < -0.4 is 0 Å². The summed E-state index contributed by atoms with van der Waals surface area (Å²) in [7, 11) is 0. The third-order valence-corrected chi connectivity index (χ3v) is 2.35. The van der Waals surface area contributed by atoms with Crippen molar-refractivity contribution in [1.82, 2.24) is 0 Å². The highest BCUT2D eigenvalue weighted by atomic mass is 13.9. The van der Waals surface area contributed by atoms with E-state index in [1.54, 1.807) is 0 Å². The van der Waals surface area contributed by atoms with Crippen molar-refractivity contribution in [2.24, 2.45) is 0 Å². The van der Waals surface area contributed by atoms with Crippen LogP contribution in [0.3, 0.4) is 0 Å². The Kier molecular flexibility index (Phi) is 12.0. The van der Waals surface area contributed by atoms with E-state index >= 15 is 0 Å².